The Balaban J connectivity index is 1.72. The van der Waals surface area contributed by atoms with E-state index in [1.54, 1.807) is 48.5 Å². The number of halogens is 9. The van der Waals surface area contributed by atoms with Gasteiger partial charge in [0.15, 0.2) is 0 Å². The third-order valence-electron chi connectivity index (χ3n) is 7.99. The van der Waals surface area contributed by atoms with E-state index in [0.29, 0.717) is 28.3 Å². The van der Waals surface area contributed by atoms with E-state index in [-0.39, 0.29) is 39.1 Å². The second kappa shape index (κ2) is 9.78. The number of nitrogens with zero attached hydrogens (tertiary/aromatic N) is 3. The molecule has 2 heterocycles. The molecule has 0 spiro atoms. The summed E-state index contributed by atoms with van der Waals surface area (Å²) in [5, 5.41) is 11.5. The van der Waals surface area contributed by atoms with E-state index in [9.17, 15) is 44.8 Å². The molecule has 3 nitrogen and oxygen atoms in total. The first-order chi connectivity index (χ1) is 21.7. The van der Waals surface area contributed by atoms with Crippen molar-refractivity contribution in [3.63, 3.8) is 0 Å². The first kappa shape index (κ1) is 29.3. The van der Waals surface area contributed by atoms with Crippen molar-refractivity contribution < 1.29 is 39.5 Å². The van der Waals surface area contributed by atoms with Crippen molar-refractivity contribution in [2.24, 2.45) is 0 Å². The minimum Gasteiger partial charge on any atom is -0.309 e. The fourth-order valence-corrected chi connectivity index (χ4v) is 6.19. The summed E-state index contributed by atoms with van der Waals surface area (Å²) in [7, 11) is 0. The molecule has 7 aromatic rings. The topological polar surface area (TPSA) is 33.6 Å². The number of fused-ring (bicyclic) bond motifs is 7. The predicted molar refractivity (Wildman–Crippen MR) is 155 cm³/mol. The van der Waals surface area contributed by atoms with Crippen LogP contribution in [-0.2, 0) is 18.5 Å². The molecule has 5 aromatic carbocycles. The van der Waals surface area contributed by atoms with Gasteiger partial charge in [0, 0.05) is 27.2 Å². The molecule has 0 radical (unpaired) electrons. The molecule has 7 rings (SSSR count). The Morgan fingerprint density at radius 2 is 1.11 bits per heavy atom. The van der Waals surface area contributed by atoms with Gasteiger partial charge in [-0.05, 0) is 48.5 Å². The molecule has 2 aromatic heterocycles. The number of nitriles is 1. The van der Waals surface area contributed by atoms with Crippen molar-refractivity contribution in [3.8, 4) is 17.4 Å². The Bertz CT molecular complexity index is 2370. The number of hydrogen-bond donors (Lipinski definition) is 0. The van der Waals surface area contributed by atoms with Crippen LogP contribution in [0.15, 0.2) is 97.1 Å². The van der Waals surface area contributed by atoms with Crippen LogP contribution in [-0.4, -0.2) is 9.13 Å². The highest BCUT2D eigenvalue weighted by Gasteiger charge is 2.38. The van der Waals surface area contributed by atoms with Gasteiger partial charge in [-0.1, -0.05) is 48.5 Å². The predicted octanol–water partition coefficient (Wildman–Crippen LogP) is 10.8. The zero-order chi connectivity index (χ0) is 32.8. The van der Waals surface area contributed by atoms with Crippen molar-refractivity contribution in [1.29, 1.82) is 5.26 Å². The summed E-state index contributed by atoms with van der Waals surface area (Å²) >= 11 is 0. The smallest absolute Gasteiger partial charge is 0.309 e. The molecule has 0 aliphatic heterocycles. The van der Waals surface area contributed by atoms with Crippen molar-refractivity contribution >= 4 is 43.6 Å². The van der Waals surface area contributed by atoms with Crippen molar-refractivity contribution in [3.05, 3.63) is 119 Å². The van der Waals surface area contributed by atoms with Gasteiger partial charge in [-0.3, -0.25) is 0 Å². The van der Waals surface area contributed by atoms with Gasteiger partial charge in [0.1, 0.15) is 6.07 Å². The first-order valence-corrected chi connectivity index (χ1v) is 13.6. The molecule has 0 aliphatic rings. The zero-order valence-corrected chi connectivity index (χ0v) is 23.0. The molecule has 230 valence electrons. The Hall–Kier alpha value is -5.44. The molecule has 0 saturated heterocycles. The van der Waals surface area contributed by atoms with E-state index in [2.05, 4.69) is 0 Å². The third-order valence-corrected chi connectivity index (χ3v) is 7.99. The van der Waals surface area contributed by atoms with E-state index in [1.165, 1.54) is 27.3 Å². The maximum absolute atomic E-state index is 14.4. The Kier molecular flexibility index (Phi) is 6.22. The fourth-order valence-electron chi connectivity index (χ4n) is 6.19. The molecule has 0 atom stereocenters. The second-order valence-corrected chi connectivity index (χ2v) is 10.6. The van der Waals surface area contributed by atoms with Crippen molar-refractivity contribution in [2.45, 2.75) is 18.5 Å². The fraction of sp³-hybridized carbons (Fsp3) is 0.0882. The van der Waals surface area contributed by atoms with Gasteiger partial charge in [0.05, 0.1) is 50.0 Å². The number of alkyl halides is 9. The van der Waals surface area contributed by atoms with Gasteiger partial charge in [-0.2, -0.15) is 44.8 Å². The number of aromatic nitrogens is 2. The molecule has 0 bridgehead atoms. The Morgan fingerprint density at radius 3 is 1.70 bits per heavy atom. The van der Waals surface area contributed by atoms with E-state index in [1.807, 2.05) is 6.07 Å². The summed E-state index contributed by atoms with van der Waals surface area (Å²) < 4.78 is 130. The highest BCUT2D eigenvalue weighted by Crippen LogP contribution is 2.45. The van der Waals surface area contributed by atoms with Gasteiger partial charge >= 0.3 is 18.5 Å². The number of para-hydroxylation sites is 3. The molecule has 0 amide bonds. The van der Waals surface area contributed by atoms with Crippen LogP contribution < -0.4 is 0 Å². The lowest BCUT2D eigenvalue weighted by atomic mass is 10.1. The van der Waals surface area contributed by atoms with Crippen LogP contribution in [0.4, 0.5) is 39.5 Å². The largest absolute Gasteiger partial charge is 0.418 e. The van der Waals surface area contributed by atoms with Crippen LogP contribution in [0.2, 0.25) is 0 Å². The summed E-state index contributed by atoms with van der Waals surface area (Å²) in [6.07, 6.45) is -15.1. The molecule has 0 fully saturated rings. The molecule has 12 heteroatoms. The minimum absolute atomic E-state index is 0.0380. The zero-order valence-electron chi connectivity index (χ0n) is 23.0. The third kappa shape index (κ3) is 4.37. The summed E-state index contributed by atoms with van der Waals surface area (Å²) in [5.74, 6) is 0. The summed E-state index contributed by atoms with van der Waals surface area (Å²) in [6, 6.07) is 22.2. The van der Waals surface area contributed by atoms with Crippen LogP contribution in [0.3, 0.4) is 0 Å². The maximum atomic E-state index is 14.4. The highest BCUT2D eigenvalue weighted by molar-refractivity contribution is 6.26. The lowest BCUT2D eigenvalue weighted by Crippen LogP contribution is -2.12. The molecule has 0 saturated carbocycles. The average Bonchev–Trinajstić information content (AvgIpc) is 3.52. The lowest BCUT2D eigenvalue weighted by Gasteiger charge is -2.17. The average molecular weight is 638 g/mol. The minimum atomic E-state index is -5.12. The Labute approximate surface area is 252 Å². The summed E-state index contributed by atoms with van der Waals surface area (Å²) in [4.78, 5) is 0. The molecule has 0 unspecified atom stereocenters. The Morgan fingerprint density at radius 1 is 0.522 bits per heavy atom. The molecule has 0 aliphatic carbocycles. The monoisotopic (exact) mass is 637 g/mol. The lowest BCUT2D eigenvalue weighted by molar-refractivity contribution is -0.143. The quantitative estimate of drug-likeness (QED) is 0.174. The summed E-state index contributed by atoms with van der Waals surface area (Å²) in [5.41, 5.74) is -4.44. The van der Waals surface area contributed by atoms with Crippen LogP contribution >= 0.6 is 0 Å². The van der Waals surface area contributed by atoms with Crippen LogP contribution in [0.5, 0.6) is 0 Å². The van der Waals surface area contributed by atoms with Gasteiger partial charge in [0.25, 0.3) is 0 Å². The maximum Gasteiger partial charge on any atom is 0.418 e. The molecule has 46 heavy (non-hydrogen) atoms. The number of rotatable bonds is 2. The standard InChI is InChI=1S/C34H16F9N3/c35-32(36,37)19-14-20(33(38,39)40)16-21(15-19)45-26-10-3-1-7-22(26)23-12-13-28-29(31(23)45)24-8-2-4-11-27(24)46(28)30-18(17-44)6-5-9-25(30)34(41,42)43/h1-16H. The van der Waals surface area contributed by atoms with Crippen LogP contribution in [0.1, 0.15) is 22.3 Å². The van der Waals surface area contributed by atoms with Gasteiger partial charge < -0.3 is 9.13 Å². The van der Waals surface area contributed by atoms with Gasteiger partial charge in [-0.25, -0.2) is 0 Å². The van der Waals surface area contributed by atoms with Crippen molar-refractivity contribution in [2.75, 3.05) is 0 Å². The van der Waals surface area contributed by atoms with E-state index < -0.39 is 46.6 Å². The number of hydrogen-bond acceptors (Lipinski definition) is 1. The van der Waals surface area contributed by atoms with E-state index >= 15 is 0 Å². The van der Waals surface area contributed by atoms with Crippen molar-refractivity contribution in [1.82, 2.24) is 9.13 Å². The van der Waals surface area contributed by atoms with E-state index in [4.69, 9.17) is 0 Å². The first-order valence-electron chi connectivity index (χ1n) is 13.6. The molecular weight excluding hydrogens is 621 g/mol. The number of benzene rings is 5. The normalized spacial score (nSPS) is 12.9. The highest BCUT2D eigenvalue weighted by atomic mass is 19.4. The molecule has 0 N–H and O–H groups in total. The summed E-state index contributed by atoms with van der Waals surface area (Å²) in [6.45, 7) is 0. The van der Waals surface area contributed by atoms with Gasteiger partial charge in [-0.15, -0.1) is 0 Å². The van der Waals surface area contributed by atoms with Crippen LogP contribution in [0.25, 0.3) is 55.0 Å². The second-order valence-electron chi connectivity index (χ2n) is 10.6. The van der Waals surface area contributed by atoms with Crippen LogP contribution in [0, 0.1) is 11.3 Å². The van der Waals surface area contributed by atoms with Gasteiger partial charge in [0.2, 0.25) is 0 Å². The van der Waals surface area contributed by atoms with E-state index in [0.717, 1.165) is 12.1 Å². The molecular formula is C34H16F9N3. The SMILES string of the molecule is N#Cc1cccc(C(F)(F)F)c1-n1c2ccccc2c2c1ccc1c3ccccc3n(-c3cc(C(F)(F)F)cc(C(F)(F)F)c3)c12.